The Morgan fingerprint density at radius 2 is 1.52 bits per heavy atom. The number of aliphatic hydroxyl groups excluding tert-OH is 4. The standard InChI is InChI=1S/C47H79NO17/c1-13-29-20-30(17-18-49)40(65-45-39(54)37(48(9)10)41(27(6)62-45)64-36-22-47(8,56)44(55)28(7)60-36)25(4)33(51)21-35(52)63-34(14-2)31(19-24(3)15-16-32(29)50)23-59-46-43(58-12)42(57-11)38(53)26(5)61-46/h1,18,24-31,33-34,36-46,51,53-56H,14-17,19-23H2,2-12H3/t24?,25-,26+,27+,28-,29+,30-,31+,33+,34+,36-,37+,38+,39+,40+,41+,42+,43?,44-,45-,46+,47+/m0/s1. The lowest BCUT2D eigenvalue weighted by molar-refractivity contribution is -0.341. The summed E-state index contributed by atoms with van der Waals surface area (Å²) in [7, 11) is 6.43. The molecule has 0 amide bonds. The first kappa shape index (κ1) is 55.4. The SMILES string of the molecule is C#C[C@@H]1C[C@H](CC=O)[C@H](O[C@@H]2O[C@H](C)[C@@H](O[C@H]3C[C@@](C)(O)[C@@H](O)[C@H](C)O3)[C@H](N(C)C)[C@H]2O)[C@@H](C)[C@H](O)CC(=O)O[C@H](CC)[C@@H](CO[C@@H]2O[C@H](C)[C@@H](O)[C@@H](OC)C2OC)CC(C)CCC1=O. The van der Waals surface area contributed by atoms with Crippen molar-refractivity contribution in [2.24, 2.45) is 29.6 Å². The first-order chi connectivity index (χ1) is 30.6. The summed E-state index contributed by atoms with van der Waals surface area (Å²) in [6.45, 7) is 12.2. The minimum absolute atomic E-state index is 0.0187. The smallest absolute Gasteiger partial charge is 0.308 e. The number of hydrogen-bond acceptors (Lipinski definition) is 18. The number of rotatable bonds is 13. The van der Waals surface area contributed by atoms with Gasteiger partial charge in [0.1, 0.15) is 54.8 Å². The Morgan fingerprint density at radius 3 is 2.11 bits per heavy atom. The Labute approximate surface area is 385 Å². The molecule has 0 spiro atoms. The molecule has 0 aromatic carbocycles. The molecule has 0 bridgehead atoms. The molecule has 0 aromatic heterocycles. The number of aldehydes is 1. The highest BCUT2D eigenvalue weighted by Gasteiger charge is 2.52. The zero-order chi connectivity index (χ0) is 48.5. The molecule has 0 aromatic rings. The molecule has 2 unspecified atom stereocenters. The molecule has 18 nitrogen and oxygen atoms in total. The number of Topliss-reactive ketones (excluding diaryl/α,β-unsaturated/α-hetero) is 1. The molecular formula is C47H79NO17. The summed E-state index contributed by atoms with van der Waals surface area (Å²) in [4.78, 5) is 41.8. The van der Waals surface area contributed by atoms with Crippen LogP contribution in [0.3, 0.4) is 0 Å². The van der Waals surface area contributed by atoms with Crippen molar-refractivity contribution in [3.63, 3.8) is 0 Å². The molecule has 18 heteroatoms. The van der Waals surface area contributed by atoms with Crippen molar-refractivity contribution >= 4 is 18.0 Å². The van der Waals surface area contributed by atoms with Gasteiger partial charge in [0.05, 0.1) is 61.1 Å². The molecule has 65 heavy (non-hydrogen) atoms. The topological polar surface area (TPSA) is 239 Å². The van der Waals surface area contributed by atoms with Crippen LogP contribution in [-0.4, -0.2) is 187 Å². The molecule has 22 atom stereocenters. The van der Waals surface area contributed by atoms with Gasteiger partial charge in [0, 0.05) is 45.3 Å². The summed E-state index contributed by atoms with van der Waals surface area (Å²) in [5.74, 6) is -1.24. The number of methoxy groups -OCH3 is 2. The minimum Gasteiger partial charge on any atom is -0.462 e. The van der Waals surface area contributed by atoms with Gasteiger partial charge in [0.15, 0.2) is 18.9 Å². The molecule has 4 saturated heterocycles. The fraction of sp³-hybridized carbons (Fsp3) is 0.894. The average molecular weight is 930 g/mol. The van der Waals surface area contributed by atoms with Crippen LogP contribution >= 0.6 is 0 Å². The van der Waals surface area contributed by atoms with E-state index in [9.17, 15) is 39.9 Å². The van der Waals surface area contributed by atoms with Crippen LogP contribution in [0.5, 0.6) is 0 Å². The summed E-state index contributed by atoms with van der Waals surface area (Å²) in [5, 5.41) is 55.9. The Kier molecular flexibility index (Phi) is 21.2. The molecule has 374 valence electrons. The van der Waals surface area contributed by atoms with E-state index in [0.29, 0.717) is 25.5 Å². The number of cyclic esters (lactones) is 1. The highest BCUT2D eigenvalue weighted by molar-refractivity contribution is 5.83. The first-order valence-corrected chi connectivity index (χ1v) is 23.3. The van der Waals surface area contributed by atoms with Crippen molar-refractivity contribution < 1.29 is 82.5 Å². The van der Waals surface area contributed by atoms with Gasteiger partial charge in [0.25, 0.3) is 0 Å². The van der Waals surface area contributed by atoms with Crippen molar-refractivity contribution in [2.75, 3.05) is 34.9 Å². The lowest BCUT2D eigenvalue weighted by atomic mass is 9.78. The molecule has 0 saturated carbocycles. The Balaban J connectivity index is 1.62. The monoisotopic (exact) mass is 930 g/mol. The third-order valence-corrected chi connectivity index (χ3v) is 14.1. The molecule has 0 aliphatic carbocycles. The van der Waals surface area contributed by atoms with E-state index < -0.39 is 134 Å². The number of nitrogens with zero attached hydrogens (tertiary/aromatic N) is 1. The highest BCUT2D eigenvalue weighted by Crippen LogP contribution is 2.38. The maximum Gasteiger partial charge on any atom is 0.308 e. The Hall–Kier alpha value is -2.19. The van der Waals surface area contributed by atoms with Gasteiger partial charge in [-0.2, -0.15) is 0 Å². The van der Waals surface area contributed by atoms with Crippen LogP contribution in [0.4, 0.5) is 0 Å². The van der Waals surface area contributed by atoms with Crippen molar-refractivity contribution in [1.82, 2.24) is 4.90 Å². The van der Waals surface area contributed by atoms with Gasteiger partial charge in [-0.1, -0.05) is 26.7 Å². The maximum absolute atomic E-state index is 13.9. The third kappa shape index (κ3) is 14.0. The van der Waals surface area contributed by atoms with Gasteiger partial charge in [-0.3, -0.25) is 9.59 Å². The molecule has 4 heterocycles. The van der Waals surface area contributed by atoms with E-state index in [-0.39, 0.29) is 49.9 Å². The van der Waals surface area contributed by atoms with Gasteiger partial charge < -0.3 is 77.9 Å². The molecular weight excluding hydrogens is 851 g/mol. The number of hydrogen-bond donors (Lipinski definition) is 5. The quantitative estimate of drug-likeness (QED) is 0.100. The molecule has 4 aliphatic rings. The summed E-state index contributed by atoms with van der Waals surface area (Å²) < 4.78 is 54.9. The molecule has 4 rings (SSSR count). The van der Waals surface area contributed by atoms with Crippen LogP contribution in [0.25, 0.3) is 0 Å². The van der Waals surface area contributed by atoms with Crippen molar-refractivity contribution in [2.45, 2.75) is 204 Å². The van der Waals surface area contributed by atoms with Gasteiger partial charge in [-0.15, -0.1) is 6.42 Å². The van der Waals surface area contributed by atoms with E-state index in [1.54, 1.807) is 46.7 Å². The normalized spacial score (nSPS) is 45.4. The van der Waals surface area contributed by atoms with Crippen LogP contribution in [0.2, 0.25) is 0 Å². The number of carbonyl (C=O) groups is 3. The van der Waals surface area contributed by atoms with Gasteiger partial charge in [0.2, 0.25) is 0 Å². The fourth-order valence-corrected chi connectivity index (χ4v) is 10.1. The summed E-state index contributed by atoms with van der Waals surface area (Å²) >= 11 is 0. The lowest BCUT2D eigenvalue weighted by Gasteiger charge is -2.50. The second kappa shape index (κ2) is 24.9. The third-order valence-electron chi connectivity index (χ3n) is 14.1. The number of ether oxygens (including phenoxy) is 9. The van der Waals surface area contributed by atoms with Crippen LogP contribution in [0.15, 0.2) is 0 Å². The highest BCUT2D eigenvalue weighted by atomic mass is 16.7. The maximum atomic E-state index is 13.9. The van der Waals surface area contributed by atoms with E-state index in [2.05, 4.69) is 5.92 Å². The van der Waals surface area contributed by atoms with Crippen LogP contribution < -0.4 is 0 Å². The minimum atomic E-state index is -1.50. The summed E-state index contributed by atoms with van der Waals surface area (Å²) in [6, 6.07) is -0.767. The average Bonchev–Trinajstić information content (AvgIpc) is 3.24. The molecule has 4 fully saturated rings. The van der Waals surface area contributed by atoms with E-state index >= 15 is 0 Å². The number of terminal acetylenes is 1. The summed E-state index contributed by atoms with van der Waals surface area (Å²) in [5.41, 5.74) is -1.50. The predicted molar refractivity (Wildman–Crippen MR) is 234 cm³/mol. The van der Waals surface area contributed by atoms with Crippen LogP contribution in [0.1, 0.15) is 99.8 Å². The van der Waals surface area contributed by atoms with E-state index in [1.165, 1.54) is 21.1 Å². The zero-order valence-electron chi connectivity index (χ0n) is 40.2. The summed E-state index contributed by atoms with van der Waals surface area (Å²) in [6.07, 6.45) is -6.60. The van der Waals surface area contributed by atoms with Crippen molar-refractivity contribution in [1.29, 1.82) is 0 Å². The van der Waals surface area contributed by atoms with Gasteiger partial charge in [-0.25, -0.2) is 0 Å². The number of esters is 1. The van der Waals surface area contributed by atoms with Crippen molar-refractivity contribution in [3.05, 3.63) is 0 Å². The Morgan fingerprint density at radius 1 is 0.862 bits per heavy atom. The number of ketones is 1. The second-order valence-corrected chi connectivity index (χ2v) is 19.4. The molecule has 4 aliphatic heterocycles. The number of carbonyl (C=O) groups excluding carboxylic acids is 3. The fourth-order valence-electron chi connectivity index (χ4n) is 10.1. The van der Waals surface area contributed by atoms with Crippen LogP contribution in [-0.2, 0) is 57.0 Å². The number of aliphatic hydroxyl groups is 5. The Bertz CT molecular complexity index is 1540. The largest absolute Gasteiger partial charge is 0.462 e. The number of likely N-dealkylation sites (N-methyl/N-ethyl adjacent to an activating group) is 1. The van der Waals surface area contributed by atoms with E-state index in [1.807, 2.05) is 13.8 Å². The van der Waals surface area contributed by atoms with Crippen molar-refractivity contribution in [3.8, 4) is 12.3 Å². The van der Waals surface area contributed by atoms with E-state index in [4.69, 9.17) is 49.1 Å². The first-order valence-electron chi connectivity index (χ1n) is 23.3. The molecule has 0 radical (unpaired) electrons. The second-order valence-electron chi connectivity index (χ2n) is 19.4. The van der Waals surface area contributed by atoms with Gasteiger partial charge in [-0.05, 0) is 79.3 Å². The molecule has 5 N–H and O–H groups in total. The van der Waals surface area contributed by atoms with Crippen LogP contribution in [0, 0.1) is 41.9 Å². The zero-order valence-corrected chi connectivity index (χ0v) is 40.2. The van der Waals surface area contributed by atoms with E-state index in [0.717, 1.165) is 0 Å². The van der Waals surface area contributed by atoms with Gasteiger partial charge >= 0.3 is 5.97 Å². The predicted octanol–water partition coefficient (Wildman–Crippen LogP) is 1.75. The lowest BCUT2D eigenvalue weighted by Crippen LogP contribution is -2.65.